The van der Waals surface area contributed by atoms with E-state index in [1.54, 1.807) is 19.1 Å². The molecule has 4 heteroatoms. The number of halogens is 2. The van der Waals surface area contributed by atoms with Crippen LogP contribution >= 0.6 is 0 Å². The molecule has 2 aromatic carbocycles. The smallest absolute Gasteiger partial charge is 0.125 e. The summed E-state index contributed by atoms with van der Waals surface area (Å²) in [6, 6.07) is 10.5. The minimum Gasteiger partial charge on any atom is -0.341 e. The molecule has 0 bridgehead atoms. The molecule has 0 fully saturated rings. The van der Waals surface area contributed by atoms with Gasteiger partial charge in [-0.05, 0) is 55.8 Å². The van der Waals surface area contributed by atoms with Gasteiger partial charge >= 0.3 is 0 Å². The average molecular weight is 276 g/mol. The van der Waals surface area contributed by atoms with E-state index in [0.717, 1.165) is 11.4 Å². The monoisotopic (exact) mass is 276 g/mol. The summed E-state index contributed by atoms with van der Waals surface area (Å²) in [5.41, 5.74) is 8.14. The molecule has 2 rings (SSSR count). The standard InChI is InChI=1S/C16H18F2N2/c1-3-20(14-6-4-5-12(17)9-14)16-8-7-13(18)10-15(16)11(2)19/h4-11H,3,19H2,1-2H3. The van der Waals surface area contributed by atoms with E-state index in [0.29, 0.717) is 12.1 Å². The quantitative estimate of drug-likeness (QED) is 0.909. The van der Waals surface area contributed by atoms with Crippen molar-refractivity contribution in [1.82, 2.24) is 0 Å². The van der Waals surface area contributed by atoms with Crippen LogP contribution in [0.1, 0.15) is 25.5 Å². The number of benzene rings is 2. The number of nitrogens with zero attached hydrogens (tertiary/aromatic N) is 1. The third-order valence-corrected chi connectivity index (χ3v) is 3.21. The zero-order chi connectivity index (χ0) is 14.7. The van der Waals surface area contributed by atoms with Gasteiger partial charge in [0.05, 0.1) is 0 Å². The fourth-order valence-corrected chi connectivity index (χ4v) is 2.27. The molecule has 0 spiro atoms. The van der Waals surface area contributed by atoms with Crippen molar-refractivity contribution in [2.75, 3.05) is 11.4 Å². The lowest BCUT2D eigenvalue weighted by Crippen LogP contribution is -2.20. The Balaban J connectivity index is 2.52. The van der Waals surface area contributed by atoms with Crippen molar-refractivity contribution in [3.63, 3.8) is 0 Å². The summed E-state index contributed by atoms with van der Waals surface area (Å²) in [6.45, 7) is 4.39. The highest BCUT2D eigenvalue weighted by atomic mass is 19.1. The molecule has 0 aliphatic heterocycles. The molecular formula is C16H18F2N2. The van der Waals surface area contributed by atoms with Crippen LogP contribution in [0, 0.1) is 11.6 Å². The van der Waals surface area contributed by atoms with Gasteiger partial charge in [0, 0.05) is 24.0 Å². The number of hydrogen-bond donors (Lipinski definition) is 1. The molecule has 0 saturated heterocycles. The summed E-state index contributed by atoms with van der Waals surface area (Å²) < 4.78 is 26.8. The average Bonchev–Trinajstić information content (AvgIpc) is 2.41. The summed E-state index contributed by atoms with van der Waals surface area (Å²) in [6.07, 6.45) is 0. The van der Waals surface area contributed by atoms with Crippen LogP contribution in [0.25, 0.3) is 0 Å². The molecule has 2 aromatic rings. The number of nitrogens with two attached hydrogens (primary N) is 1. The first kappa shape index (κ1) is 14.5. The lowest BCUT2D eigenvalue weighted by molar-refractivity contribution is 0.621. The van der Waals surface area contributed by atoms with Crippen LogP contribution in [-0.2, 0) is 0 Å². The van der Waals surface area contributed by atoms with Crippen LogP contribution in [0.15, 0.2) is 42.5 Å². The Bertz CT molecular complexity index is 597. The van der Waals surface area contributed by atoms with Gasteiger partial charge in [-0.3, -0.25) is 0 Å². The van der Waals surface area contributed by atoms with Gasteiger partial charge in [0.25, 0.3) is 0 Å². The minimum absolute atomic E-state index is 0.301. The Kier molecular flexibility index (Phi) is 4.35. The van der Waals surface area contributed by atoms with E-state index in [9.17, 15) is 8.78 Å². The molecule has 1 atom stereocenters. The first-order valence-corrected chi connectivity index (χ1v) is 6.61. The lowest BCUT2D eigenvalue weighted by Gasteiger charge is -2.27. The van der Waals surface area contributed by atoms with Crippen LogP contribution in [0.3, 0.4) is 0 Å². The highest BCUT2D eigenvalue weighted by Crippen LogP contribution is 2.32. The van der Waals surface area contributed by atoms with Gasteiger partial charge in [-0.2, -0.15) is 0 Å². The molecule has 0 amide bonds. The van der Waals surface area contributed by atoms with E-state index in [1.807, 2.05) is 17.9 Å². The van der Waals surface area contributed by atoms with E-state index < -0.39 is 0 Å². The topological polar surface area (TPSA) is 29.3 Å². The SMILES string of the molecule is CCN(c1cccc(F)c1)c1ccc(F)cc1C(C)N. The molecular weight excluding hydrogens is 258 g/mol. The van der Waals surface area contributed by atoms with Gasteiger partial charge in [0.1, 0.15) is 11.6 Å². The van der Waals surface area contributed by atoms with E-state index in [-0.39, 0.29) is 17.7 Å². The van der Waals surface area contributed by atoms with Crippen molar-refractivity contribution in [2.45, 2.75) is 19.9 Å². The third kappa shape index (κ3) is 2.96. The number of anilines is 2. The second-order valence-corrected chi connectivity index (χ2v) is 4.72. The van der Waals surface area contributed by atoms with Crippen molar-refractivity contribution < 1.29 is 8.78 Å². The van der Waals surface area contributed by atoms with E-state index in [2.05, 4.69) is 0 Å². The van der Waals surface area contributed by atoms with Gasteiger partial charge in [0.15, 0.2) is 0 Å². The summed E-state index contributed by atoms with van der Waals surface area (Å²) in [5, 5.41) is 0. The Morgan fingerprint density at radius 3 is 2.40 bits per heavy atom. The highest BCUT2D eigenvalue weighted by Gasteiger charge is 2.15. The van der Waals surface area contributed by atoms with E-state index >= 15 is 0 Å². The number of rotatable bonds is 4. The van der Waals surface area contributed by atoms with Crippen LogP contribution in [-0.4, -0.2) is 6.54 Å². The molecule has 0 heterocycles. The molecule has 0 aliphatic rings. The number of hydrogen-bond acceptors (Lipinski definition) is 2. The fraction of sp³-hybridized carbons (Fsp3) is 0.250. The zero-order valence-corrected chi connectivity index (χ0v) is 11.6. The largest absolute Gasteiger partial charge is 0.341 e. The minimum atomic E-state index is -0.323. The summed E-state index contributed by atoms with van der Waals surface area (Å²) >= 11 is 0. The molecule has 106 valence electrons. The van der Waals surface area contributed by atoms with Crippen LogP contribution in [0.4, 0.5) is 20.2 Å². The molecule has 2 nitrogen and oxygen atoms in total. The van der Waals surface area contributed by atoms with Crippen molar-refractivity contribution in [3.05, 3.63) is 59.7 Å². The van der Waals surface area contributed by atoms with Crippen molar-refractivity contribution in [1.29, 1.82) is 0 Å². The molecule has 0 saturated carbocycles. The van der Waals surface area contributed by atoms with Crippen molar-refractivity contribution >= 4 is 11.4 Å². The summed E-state index contributed by atoms with van der Waals surface area (Å²) in [7, 11) is 0. The van der Waals surface area contributed by atoms with Gasteiger partial charge in [-0.15, -0.1) is 0 Å². The first-order chi connectivity index (χ1) is 9.52. The maximum atomic E-state index is 13.4. The molecule has 0 aliphatic carbocycles. The van der Waals surface area contributed by atoms with Crippen molar-refractivity contribution in [3.8, 4) is 0 Å². The molecule has 1 unspecified atom stereocenters. The Hall–Kier alpha value is -1.94. The summed E-state index contributed by atoms with van der Waals surface area (Å²) in [5.74, 6) is -0.623. The molecule has 2 N–H and O–H groups in total. The molecule has 20 heavy (non-hydrogen) atoms. The Morgan fingerprint density at radius 2 is 1.80 bits per heavy atom. The first-order valence-electron chi connectivity index (χ1n) is 6.61. The van der Waals surface area contributed by atoms with E-state index in [1.165, 1.54) is 24.3 Å². The Morgan fingerprint density at radius 1 is 1.10 bits per heavy atom. The van der Waals surface area contributed by atoms with Gasteiger partial charge in [-0.25, -0.2) is 8.78 Å². The van der Waals surface area contributed by atoms with Gasteiger partial charge in [0.2, 0.25) is 0 Å². The maximum Gasteiger partial charge on any atom is 0.125 e. The lowest BCUT2D eigenvalue weighted by atomic mass is 10.0. The van der Waals surface area contributed by atoms with Crippen LogP contribution in [0.5, 0.6) is 0 Å². The zero-order valence-electron chi connectivity index (χ0n) is 11.6. The fourth-order valence-electron chi connectivity index (χ4n) is 2.27. The molecule has 0 radical (unpaired) electrons. The third-order valence-electron chi connectivity index (χ3n) is 3.21. The second-order valence-electron chi connectivity index (χ2n) is 4.72. The van der Waals surface area contributed by atoms with Gasteiger partial charge in [-0.1, -0.05) is 6.07 Å². The Labute approximate surface area is 117 Å². The van der Waals surface area contributed by atoms with Crippen LogP contribution < -0.4 is 10.6 Å². The molecule has 0 aromatic heterocycles. The maximum absolute atomic E-state index is 13.4. The van der Waals surface area contributed by atoms with Crippen LogP contribution in [0.2, 0.25) is 0 Å². The normalized spacial score (nSPS) is 12.2. The predicted octanol–water partition coefficient (Wildman–Crippen LogP) is 4.14. The predicted molar refractivity (Wildman–Crippen MR) is 78.1 cm³/mol. The van der Waals surface area contributed by atoms with Gasteiger partial charge < -0.3 is 10.6 Å². The highest BCUT2D eigenvalue weighted by molar-refractivity contribution is 5.67. The summed E-state index contributed by atoms with van der Waals surface area (Å²) in [4.78, 5) is 1.92. The van der Waals surface area contributed by atoms with Crippen molar-refractivity contribution in [2.24, 2.45) is 5.73 Å². The van der Waals surface area contributed by atoms with E-state index in [4.69, 9.17) is 5.73 Å². The second kappa shape index (κ2) is 6.01.